The maximum absolute atomic E-state index is 11.7. The highest BCUT2D eigenvalue weighted by molar-refractivity contribution is 7.87. The Labute approximate surface area is 84.8 Å². The molecule has 0 amide bonds. The highest BCUT2D eigenvalue weighted by Gasteiger charge is 2.32. The molecule has 0 spiro atoms. The molecule has 1 heterocycles. The van der Waals surface area contributed by atoms with Crippen LogP contribution >= 0.6 is 0 Å². The number of hydrogen-bond acceptors (Lipinski definition) is 3. The van der Waals surface area contributed by atoms with Crippen LogP contribution in [-0.2, 0) is 10.2 Å². The number of rotatable bonds is 3. The van der Waals surface area contributed by atoms with Crippen molar-refractivity contribution in [1.82, 2.24) is 9.03 Å². The summed E-state index contributed by atoms with van der Waals surface area (Å²) in [5.41, 5.74) is 5.71. The van der Waals surface area contributed by atoms with Crippen molar-refractivity contribution in [2.75, 3.05) is 13.1 Å². The quantitative estimate of drug-likeness (QED) is 0.666. The molecule has 1 aliphatic carbocycles. The van der Waals surface area contributed by atoms with Crippen molar-refractivity contribution >= 4 is 10.2 Å². The molecule has 0 atom stereocenters. The topological polar surface area (TPSA) is 75.4 Å². The molecule has 2 fully saturated rings. The molecule has 1 aliphatic heterocycles. The smallest absolute Gasteiger partial charge is 0.279 e. The van der Waals surface area contributed by atoms with Gasteiger partial charge in [0.15, 0.2) is 0 Å². The lowest BCUT2D eigenvalue weighted by Crippen LogP contribution is -2.48. The molecule has 0 aromatic heterocycles. The second-order valence-corrected chi connectivity index (χ2v) is 5.84. The largest absolute Gasteiger partial charge is 0.328 e. The van der Waals surface area contributed by atoms with E-state index < -0.39 is 10.2 Å². The summed E-state index contributed by atoms with van der Waals surface area (Å²) >= 11 is 0. The van der Waals surface area contributed by atoms with Crippen LogP contribution in [0.3, 0.4) is 0 Å². The Morgan fingerprint density at radius 2 is 1.71 bits per heavy atom. The van der Waals surface area contributed by atoms with Gasteiger partial charge in [0, 0.05) is 25.2 Å². The molecule has 1 saturated carbocycles. The first-order chi connectivity index (χ1) is 6.58. The Hall–Kier alpha value is -0.170. The number of nitrogens with one attached hydrogen (secondary N) is 1. The van der Waals surface area contributed by atoms with E-state index in [1.165, 1.54) is 4.31 Å². The van der Waals surface area contributed by atoms with E-state index in [9.17, 15) is 8.42 Å². The zero-order valence-electron chi connectivity index (χ0n) is 8.15. The van der Waals surface area contributed by atoms with Crippen molar-refractivity contribution in [2.45, 2.75) is 37.8 Å². The van der Waals surface area contributed by atoms with E-state index in [2.05, 4.69) is 4.72 Å². The van der Waals surface area contributed by atoms with Crippen LogP contribution in [0, 0.1) is 0 Å². The zero-order valence-corrected chi connectivity index (χ0v) is 8.96. The van der Waals surface area contributed by atoms with Crippen molar-refractivity contribution in [3.05, 3.63) is 0 Å². The fourth-order valence-electron chi connectivity index (χ4n) is 1.60. The van der Waals surface area contributed by atoms with Crippen LogP contribution in [0.4, 0.5) is 0 Å². The standard InChI is InChI=1S/C8H17N3O2S/c9-7-3-5-11(6-4-7)14(12,13)10-8-1-2-8/h7-8,10H,1-6,9H2. The number of nitrogens with two attached hydrogens (primary N) is 1. The van der Waals surface area contributed by atoms with Crippen molar-refractivity contribution < 1.29 is 8.42 Å². The maximum Gasteiger partial charge on any atom is 0.279 e. The van der Waals surface area contributed by atoms with Crippen molar-refractivity contribution in [1.29, 1.82) is 0 Å². The molecule has 3 N–H and O–H groups in total. The van der Waals surface area contributed by atoms with Crippen LogP contribution in [-0.4, -0.2) is 37.9 Å². The third kappa shape index (κ3) is 2.44. The van der Waals surface area contributed by atoms with Crippen LogP contribution < -0.4 is 10.5 Å². The first kappa shape index (κ1) is 10.4. The van der Waals surface area contributed by atoms with Crippen LogP contribution in [0.15, 0.2) is 0 Å². The highest BCUT2D eigenvalue weighted by atomic mass is 32.2. The molecule has 14 heavy (non-hydrogen) atoms. The molecule has 2 aliphatic rings. The van der Waals surface area contributed by atoms with E-state index in [4.69, 9.17) is 5.73 Å². The average molecular weight is 219 g/mol. The Morgan fingerprint density at radius 3 is 2.21 bits per heavy atom. The Morgan fingerprint density at radius 1 is 1.14 bits per heavy atom. The lowest BCUT2D eigenvalue weighted by Gasteiger charge is -2.29. The van der Waals surface area contributed by atoms with E-state index in [1.54, 1.807) is 0 Å². The molecule has 0 aromatic carbocycles. The van der Waals surface area contributed by atoms with Gasteiger partial charge >= 0.3 is 0 Å². The predicted molar refractivity (Wildman–Crippen MR) is 53.9 cm³/mol. The molecule has 82 valence electrons. The number of hydrogen-bond donors (Lipinski definition) is 2. The first-order valence-electron chi connectivity index (χ1n) is 5.11. The van der Waals surface area contributed by atoms with Crippen molar-refractivity contribution in [3.63, 3.8) is 0 Å². The van der Waals surface area contributed by atoms with Gasteiger partial charge in [-0.25, -0.2) is 0 Å². The van der Waals surface area contributed by atoms with Crippen LogP contribution in [0.5, 0.6) is 0 Å². The minimum atomic E-state index is -3.22. The third-order valence-corrected chi connectivity index (χ3v) is 4.41. The third-order valence-electron chi connectivity index (χ3n) is 2.73. The SMILES string of the molecule is NC1CCN(S(=O)(=O)NC2CC2)CC1. The van der Waals surface area contributed by atoms with Crippen molar-refractivity contribution in [2.24, 2.45) is 5.73 Å². The van der Waals surface area contributed by atoms with Gasteiger partial charge in [-0.3, -0.25) is 0 Å². The molecule has 0 aromatic rings. The average Bonchev–Trinajstić information content (AvgIpc) is 2.88. The first-order valence-corrected chi connectivity index (χ1v) is 6.55. The highest BCUT2D eigenvalue weighted by Crippen LogP contribution is 2.21. The van der Waals surface area contributed by atoms with E-state index in [0.29, 0.717) is 13.1 Å². The van der Waals surface area contributed by atoms with Gasteiger partial charge in [-0.15, -0.1) is 0 Å². The molecule has 2 rings (SSSR count). The van der Waals surface area contributed by atoms with Crippen LogP contribution in [0.2, 0.25) is 0 Å². The lowest BCUT2D eigenvalue weighted by molar-refractivity contribution is 0.316. The number of piperidine rings is 1. The minimum absolute atomic E-state index is 0.169. The summed E-state index contributed by atoms with van der Waals surface area (Å²) in [5.74, 6) is 0. The van der Waals surface area contributed by atoms with Gasteiger partial charge < -0.3 is 5.73 Å². The zero-order chi connectivity index (χ0) is 10.2. The summed E-state index contributed by atoms with van der Waals surface area (Å²) < 4.78 is 27.6. The van der Waals surface area contributed by atoms with E-state index in [1.807, 2.05) is 0 Å². The second-order valence-electron chi connectivity index (χ2n) is 4.13. The Balaban J connectivity index is 1.92. The van der Waals surface area contributed by atoms with Crippen molar-refractivity contribution in [3.8, 4) is 0 Å². The molecular formula is C8H17N3O2S. The Bertz CT molecular complexity index is 292. The van der Waals surface area contributed by atoms with Crippen LogP contribution in [0.25, 0.3) is 0 Å². The molecule has 0 radical (unpaired) electrons. The summed E-state index contributed by atoms with van der Waals surface area (Å²) in [6.07, 6.45) is 3.50. The molecule has 0 unspecified atom stereocenters. The molecule has 6 heteroatoms. The van der Waals surface area contributed by atoms with E-state index in [-0.39, 0.29) is 12.1 Å². The van der Waals surface area contributed by atoms with Crippen LogP contribution in [0.1, 0.15) is 25.7 Å². The summed E-state index contributed by atoms with van der Waals surface area (Å²) in [6, 6.07) is 0.359. The molecular weight excluding hydrogens is 202 g/mol. The number of nitrogens with zero attached hydrogens (tertiary/aromatic N) is 1. The molecule has 1 saturated heterocycles. The monoisotopic (exact) mass is 219 g/mol. The van der Waals surface area contributed by atoms with Gasteiger partial charge in [0.1, 0.15) is 0 Å². The van der Waals surface area contributed by atoms with Gasteiger partial charge in [-0.1, -0.05) is 0 Å². The summed E-state index contributed by atoms with van der Waals surface area (Å²) in [4.78, 5) is 0. The minimum Gasteiger partial charge on any atom is -0.328 e. The van der Waals surface area contributed by atoms with E-state index in [0.717, 1.165) is 25.7 Å². The fourth-order valence-corrected chi connectivity index (χ4v) is 3.10. The van der Waals surface area contributed by atoms with Gasteiger partial charge in [-0.2, -0.15) is 17.4 Å². The summed E-state index contributed by atoms with van der Waals surface area (Å²) in [7, 11) is -3.22. The predicted octanol–water partition coefficient (Wildman–Crippen LogP) is -0.594. The second kappa shape index (κ2) is 3.77. The van der Waals surface area contributed by atoms with Gasteiger partial charge in [-0.05, 0) is 25.7 Å². The summed E-state index contributed by atoms with van der Waals surface area (Å²) in [5, 5.41) is 0. The van der Waals surface area contributed by atoms with Gasteiger partial charge in [0.2, 0.25) is 0 Å². The summed E-state index contributed by atoms with van der Waals surface area (Å²) in [6.45, 7) is 1.12. The normalized spacial score (nSPS) is 26.6. The lowest BCUT2D eigenvalue weighted by atomic mass is 10.1. The van der Waals surface area contributed by atoms with E-state index >= 15 is 0 Å². The van der Waals surface area contributed by atoms with Gasteiger partial charge in [0.05, 0.1) is 0 Å². The maximum atomic E-state index is 11.7. The fraction of sp³-hybridized carbons (Fsp3) is 1.00. The molecule has 5 nitrogen and oxygen atoms in total. The Kier molecular flexibility index (Phi) is 2.79. The van der Waals surface area contributed by atoms with Gasteiger partial charge in [0.25, 0.3) is 10.2 Å². The molecule has 0 bridgehead atoms.